The molecule has 0 aliphatic rings. The SMILES string of the molecule is C\C=C/C=C(Br)\C=C\c1cnc(-c2cccc(C(=O)O)c2)o1. The lowest BCUT2D eigenvalue weighted by Gasteiger charge is -1.97. The van der Waals surface area contributed by atoms with Gasteiger partial charge < -0.3 is 9.52 Å². The topological polar surface area (TPSA) is 63.3 Å². The number of benzene rings is 1. The van der Waals surface area contributed by atoms with Crippen LogP contribution in [-0.4, -0.2) is 16.1 Å². The first-order chi connectivity index (χ1) is 10.6. The maximum Gasteiger partial charge on any atom is 0.335 e. The highest BCUT2D eigenvalue weighted by Gasteiger charge is 2.08. The zero-order valence-corrected chi connectivity index (χ0v) is 13.4. The lowest BCUT2D eigenvalue weighted by molar-refractivity contribution is 0.0697. The lowest BCUT2D eigenvalue weighted by atomic mass is 10.1. The van der Waals surface area contributed by atoms with E-state index in [4.69, 9.17) is 9.52 Å². The molecule has 1 N–H and O–H groups in total. The molecule has 0 amide bonds. The Kier molecular flexibility index (Phi) is 5.49. The number of carbonyl (C=O) groups is 1. The minimum atomic E-state index is -0.980. The molecule has 0 spiro atoms. The summed E-state index contributed by atoms with van der Waals surface area (Å²) < 4.78 is 6.50. The van der Waals surface area contributed by atoms with E-state index in [1.54, 1.807) is 24.4 Å². The van der Waals surface area contributed by atoms with E-state index in [2.05, 4.69) is 20.9 Å². The smallest absolute Gasteiger partial charge is 0.335 e. The molecule has 22 heavy (non-hydrogen) atoms. The van der Waals surface area contributed by atoms with Crippen LogP contribution in [0.3, 0.4) is 0 Å². The fourth-order valence-corrected chi connectivity index (χ4v) is 1.97. The Morgan fingerprint density at radius 1 is 1.41 bits per heavy atom. The number of rotatable bonds is 5. The molecule has 0 radical (unpaired) electrons. The van der Waals surface area contributed by atoms with Crippen molar-refractivity contribution in [3.63, 3.8) is 0 Å². The van der Waals surface area contributed by atoms with Gasteiger partial charge in [-0.3, -0.25) is 0 Å². The molecule has 2 rings (SSSR count). The average molecular weight is 360 g/mol. The molecule has 0 saturated heterocycles. The number of oxazole rings is 1. The largest absolute Gasteiger partial charge is 0.478 e. The van der Waals surface area contributed by atoms with E-state index in [9.17, 15) is 4.79 Å². The number of halogens is 1. The Morgan fingerprint density at radius 3 is 2.95 bits per heavy atom. The van der Waals surface area contributed by atoms with Crippen molar-refractivity contribution >= 4 is 28.0 Å². The normalized spacial score (nSPS) is 12.4. The summed E-state index contributed by atoms with van der Waals surface area (Å²) in [5, 5.41) is 9.00. The predicted molar refractivity (Wildman–Crippen MR) is 89.8 cm³/mol. The molecular weight excluding hydrogens is 346 g/mol. The van der Waals surface area contributed by atoms with E-state index >= 15 is 0 Å². The summed E-state index contributed by atoms with van der Waals surface area (Å²) in [7, 11) is 0. The minimum Gasteiger partial charge on any atom is -0.478 e. The molecule has 1 aromatic carbocycles. The Morgan fingerprint density at radius 2 is 2.23 bits per heavy atom. The summed E-state index contributed by atoms with van der Waals surface area (Å²) in [6.07, 6.45) is 11.0. The van der Waals surface area contributed by atoms with Gasteiger partial charge in [-0.25, -0.2) is 9.78 Å². The number of aromatic nitrogens is 1. The van der Waals surface area contributed by atoms with E-state index in [1.165, 1.54) is 12.1 Å². The van der Waals surface area contributed by atoms with Crippen molar-refractivity contribution in [2.75, 3.05) is 0 Å². The summed E-state index contributed by atoms with van der Waals surface area (Å²) in [6, 6.07) is 6.48. The van der Waals surface area contributed by atoms with Gasteiger partial charge in [0, 0.05) is 10.0 Å². The van der Waals surface area contributed by atoms with E-state index in [0.29, 0.717) is 17.2 Å². The third kappa shape index (κ3) is 4.30. The first-order valence-electron chi connectivity index (χ1n) is 6.56. The van der Waals surface area contributed by atoms with Gasteiger partial charge in [0.05, 0.1) is 11.8 Å². The van der Waals surface area contributed by atoms with E-state index in [0.717, 1.165) is 4.48 Å². The molecule has 0 bridgehead atoms. The van der Waals surface area contributed by atoms with Crippen molar-refractivity contribution in [3.05, 3.63) is 70.6 Å². The fourth-order valence-electron chi connectivity index (χ4n) is 1.69. The van der Waals surface area contributed by atoms with Crippen LogP contribution in [0.5, 0.6) is 0 Å². The summed E-state index contributed by atoms with van der Waals surface area (Å²) in [5.41, 5.74) is 0.827. The van der Waals surface area contributed by atoms with Gasteiger partial charge in [0.15, 0.2) is 0 Å². The van der Waals surface area contributed by atoms with E-state index in [1.807, 2.05) is 31.2 Å². The molecule has 2 aromatic rings. The minimum absolute atomic E-state index is 0.199. The molecule has 0 saturated carbocycles. The Hall–Kier alpha value is -2.40. The molecule has 5 heteroatoms. The van der Waals surface area contributed by atoms with E-state index < -0.39 is 5.97 Å². The number of carboxylic acids is 1. The summed E-state index contributed by atoms with van der Waals surface area (Å²) in [5.74, 6) is -0.00978. The Labute approximate surface area is 136 Å². The molecule has 0 atom stereocenters. The van der Waals surface area contributed by atoms with Crippen LogP contribution in [0.4, 0.5) is 0 Å². The number of hydrogen-bond donors (Lipinski definition) is 1. The van der Waals surface area contributed by atoms with Crippen molar-refractivity contribution in [2.24, 2.45) is 0 Å². The van der Waals surface area contributed by atoms with Gasteiger partial charge in [0.2, 0.25) is 5.89 Å². The second-order valence-corrected chi connectivity index (χ2v) is 5.28. The standard InChI is InChI=1S/C17H14BrNO3/c1-2-3-7-14(18)8-9-15-11-19-16(22-15)12-5-4-6-13(10-12)17(20)21/h2-11H,1H3,(H,20,21)/b3-2-,9-8+,14-7+. The number of carboxylic acid groups (broad SMARTS) is 1. The van der Waals surface area contributed by atoms with Crippen LogP contribution in [-0.2, 0) is 0 Å². The maximum atomic E-state index is 11.0. The maximum absolute atomic E-state index is 11.0. The predicted octanol–water partition coefficient (Wildman–Crippen LogP) is 4.91. The average Bonchev–Trinajstić information content (AvgIpc) is 3.00. The van der Waals surface area contributed by atoms with Crippen LogP contribution < -0.4 is 0 Å². The second-order valence-electron chi connectivity index (χ2n) is 4.36. The molecule has 4 nitrogen and oxygen atoms in total. The molecule has 0 aliphatic carbocycles. The van der Waals surface area contributed by atoms with Crippen LogP contribution in [0, 0.1) is 0 Å². The lowest BCUT2D eigenvalue weighted by Crippen LogP contribution is -1.95. The highest BCUT2D eigenvalue weighted by molar-refractivity contribution is 9.11. The number of allylic oxidation sites excluding steroid dienone is 5. The molecule has 0 unspecified atom stereocenters. The van der Waals surface area contributed by atoms with Crippen molar-refractivity contribution < 1.29 is 14.3 Å². The van der Waals surface area contributed by atoms with Gasteiger partial charge in [-0.2, -0.15) is 0 Å². The van der Waals surface area contributed by atoms with Gasteiger partial charge in [0.1, 0.15) is 5.76 Å². The van der Waals surface area contributed by atoms with Gasteiger partial charge in [0.25, 0.3) is 0 Å². The Bertz CT molecular complexity index is 757. The van der Waals surface area contributed by atoms with Gasteiger partial charge in [-0.15, -0.1) is 0 Å². The van der Waals surface area contributed by atoms with Crippen molar-refractivity contribution in [1.29, 1.82) is 0 Å². The molecule has 0 fully saturated rings. The Balaban J connectivity index is 2.20. The van der Waals surface area contributed by atoms with Gasteiger partial charge in [-0.05, 0) is 43.4 Å². The molecule has 112 valence electrons. The molecular formula is C17H14BrNO3. The zero-order valence-electron chi connectivity index (χ0n) is 11.9. The first-order valence-corrected chi connectivity index (χ1v) is 7.35. The zero-order chi connectivity index (χ0) is 15.9. The van der Waals surface area contributed by atoms with Gasteiger partial charge >= 0.3 is 5.97 Å². The highest BCUT2D eigenvalue weighted by Crippen LogP contribution is 2.21. The van der Waals surface area contributed by atoms with E-state index in [-0.39, 0.29) is 5.56 Å². The van der Waals surface area contributed by atoms with Crippen molar-refractivity contribution in [3.8, 4) is 11.5 Å². The quantitative estimate of drug-likeness (QED) is 0.770. The summed E-state index contributed by atoms with van der Waals surface area (Å²) >= 11 is 3.41. The summed E-state index contributed by atoms with van der Waals surface area (Å²) in [6.45, 7) is 1.94. The first kappa shape index (κ1) is 16.0. The summed E-state index contributed by atoms with van der Waals surface area (Å²) in [4.78, 5) is 15.1. The monoisotopic (exact) mass is 359 g/mol. The third-order valence-corrected chi connectivity index (χ3v) is 3.26. The van der Waals surface area contributed by atoms with Gasteiger partial charge in [-0.1, -0.05) is 34.1 Å². The van der Waals surface area contributed by atoms with Crippen LogP contribution in [0.2, 0.25) is 0 Å². The van der Waals surface area contributed by atoms with Crippen molar-refractivity contribution in [2.45, 2.75) is 6.92 Å². The number of hydrogen-bond acceptors (Lipinski definition) is 3. The molecule has 1 aromatic heterocycles. The molecule has 1 heterocycles. The van der Waals surface area contributed by atoms with Crippen LogP contribution in [0.25, 0.3) is 17.5 Å². The molecule has 0 aliphatic heterocycles. The second kappa shape index (κ2) is 7.56. The van der Waals surface area contributed by atoms with Crippen LogP contribution in [0.1, 0.15) is 23.0 Å². The third-order valence-electron chi connectivity index (χ3n) is 2.73. The number of aromatic carboxylic acids is 1. The van der Waals surface area contributed by atoms with Crippen molar-refractivity contribution in [1.82, 2.24) is 4.98 Å². The fraction of sp³-hybridized carbons (Fsp3) is 0.0588. The number of nitrogens with zero attached hydrogens (tertiary/aromatic N) is 1. The van der Waals surface area contributed by atoms with Crippen LogP contribution in [0.15, 0.2) is 63.7 Å². The van der Waals surface area contributed by atoms with Crippen LogP contribution >= 0.6 is 15.9 Å². The highest BCUT2D eigenvalue weighted by atomic mass is 79.9.